The highest BCUT2D eigenvalue weighted by Crippen LogP contribution is 2.75. The molecule has 0 amide bonds. The lowest BCUT2D eigenvalue weighted by Gasteiger charge is -2.38. The molecule has 0 bridgehead atoms. The van der Waals surface area contributed by atoms with Crippen LogP contribution in [0.25, 0.3) is 28.1 Å². The summed E-state index contributed by atoms with van der Waals surface area (Å²) < 4.78 is 218. The molecule has 77 heteroatoms. The third-order valence-corrected chi connectivity index (χ3v) is 29.1. The minimum Gasteiger partial charge on any atom is -0.390 e. The van der Waals surface area contributed by atoms with Gasteiger partial charge in [-0.25, -0.2) is 108 Å². The van der Waals surface area contributed by atoms with Crippen LogP contribution in [0.15, 0.2) is 24.0 Å². The van der Waals surface area contributed by atoms with Gasteiger partial charge in [-0.1, -0.05) is 0 Å². The number of nitrogens with two attached hydrogens (primary N) is 3. The molecule has 4 aliphatic rings. The van der Waals surface area contributed by atoms with Crippen LogP contribution in [0.5, 0.6) is 0 Å². The Balaban J connectivity index is 0.000000381. The SMILES string of the molecule is CN1CN=c2c(ncn2[C@@H]2O[C@H](COP(=O)(O)OP(=O)(O)OP(=O)(O)O)[C@@H](O)[C@H]2O)=C1N.Nc1ncnc2c1nc(Cl)n2[C@@H]1O[C@H](COP(=O)(O)OP(=O)(O)OP(=O)(O)OC(OP(=O)(O)OP(=O)(O)OP(=O)(O)O)(OP(=O)(O)OP(=O)(O)OP(=O)(O)O)[C@H]2O[C@@H](n3c(Cl)nc4c(N)ncnc43)C[C@@H]2O)[C@@H](O)[C@H]1O. The molecule has 26 N–H and O–H groups in total. The lowest BCUT2D eigenvalue weighted by Crippen LogP contribution is -2.52. The van der Waals surface area contributed by atoms with E-state index in [0.717, 1.165) is 17.2 Å². The summed E-state index contributed by atoms with van der Waals surface area (Å²) in [7, 11) is -76.9. The zero-order valence-electron chi connectivity index (χ0n) is 51.5. The zero-order chi connectivity index (χ0) is 81.4. The molecule has 0 aromatic carbocycles. The molecule has 0 spiro atoms. The second-order valence-electron chi connectivity index (χ2n) is 20.8. The van der Waals surface area contributed by atoms with Crippen LogP contribution in [0.2, 0.25) is 10.6 Å². The maximum atomic E-state index is 13.7. The van der Waals surface area contributed by atoms with E-state index in [1.54, 1.807) is 11.9 Å². The number of nitrogen functional groups attached to an aromatic ring is 2. The molecule has 108 heavy (non-hydrogen) atoms. The van der Waals surface area contributed by atoms with Crippen molar-refractivity contribution in [3.8, 4) is 0 Å². The Morgan fingerprint density at radius 2 is 0.861 bits per heavy atom. The topological polar surface area (TPSA) is 956 Å². The molecule has 0 aliphatic carbocycles. The smallest absolute Gasteiger partial charge is 0.390 e. The molecule has 612 valence electrons. The molecular formula is C31H51Cl2N15O48P12. The third kappa shape index (κ3) is 23.2. The molecule has 3 fully saturated rings. The van der Waals surface area contributed by atoms with Crippen LogP contribution in [0, 0.1) is 0 Å². The fourth-order valence-electron chi connectivity index (χ4n) is 9.13. The molecule has 20 atom stereocenters. The van der Waals surface area contributed by atoms with Crippen molar-refractivity contribution >= 4 is 157 Å². The van der Waals surface area contributed by atoms with Crippen molar-refractivity contribution in [3.05, 3.63) is 40.4 Å². The van der Waals surface area contributed by atoms with Gasteiger partial charge in [0.15, 0.2) is 58.0 Å². The number of phosphoric acid groups is 12. The molecule has 0 saturated carbocycles. The largest absolute Gasteiger partial charge is 0.490 e. The first-order valence-electron chi connectivity index (χ1n) is 26.9. The summed E-state index contributed by atoms with van der Waals surface area (Å²) in [6.45, 7) is -2.22. The first-order valence-corrected chi connectivity index (χ1v) is 45.7. The quantitative estimate of drug-likeness (QED) is 0.0110. The zero-order valence-corrected chi connectivity index (χ0v) is 63.8. The number of anilines is 2. The minimum atomic E-state index is -7.44. The number of aromatic nitrogens is 10. The summed E-state index contributed by atoms with van der Waals surface area (Å²) >= 11 is 12.3. The van der Waals surface area contributed by atoms with Crippen LogP contribution >= 0.6 is 117 Å². The van der Waals surface area contributed by atoms with Crippen molar-refractivity contribution < 1.29 is 225 Å². The van der Waals surface area contributed by atoms with Gasteiger partial charge in [0.1, 0.15) is 73.3 Å². The van der Waals surface area contributed by atoms with E-state index >= 15 is 0 Å². The van der Waals surface area contributed by atoms with Crippen molar-refractivity contribution in [2.75, 3.05) is 38.4 Å². The molecular weight excluding hydrogens is 1790 g/mol. The van der Waals surface area contributed by atoms with Crippen LogP contribution in [-0.2, 0) is 126 Å². The molecule has 5 aromatic heterocycles. The average Bonchev–Trinajstić information content (AvgIpc) is 1.57. The van der Waals surface area contributed by atoms with E-state index in [2.05, 4.69) is 97.0 Å². The Kier molecular flexibility index (Phi) is 27.4. The predicted octanol–water partition coefficient (Wildman–Crippen LogP) is -4.49. The van der Waals surface area contributed by atoms with Gasteiger partial charge in [0.2, 0.25) is 10.6 Å². The number of imidazole rings is 3. The Morgan fingerprint density at radius 1 is 0.491 bits per heavy atom. The van der Waals surface area contributed by atoms with Gasteiger partial charge in [-0.3, -0.25) is 22.7 Å². The Morgan fingerprint density at radius 3 is 1.28 bits per heavy atom. The Hall–Kier alpha value is -2.92. The normalized spacial score (nSPS) is 28.6. The van der Waals surface area contributed by atoms with Gasteiger partial charge in [-0.15, -0.1) is 0 Å². The molecule has 0 radical (unpaired) electrons. The van der Waals surface area contributed by atoms with Crippen LogP contribution in [0.4, 0.5) is 11.6 Å². The highest BCUT2D eigenvalue weighted by molar-refractivity contribution is 7.68. The van der Waals surface area contributed by atoms with Crippen LogP contribution in [0.1, 0.15) is 25.1 Å². The maximum absolute atomic E-state index is 13.7. The molecule has 5 aromatic rings. The van der Waals surface area contributed by atoms with Gasteiger partial charge in [0.25, 0.3) is 0 Å². The lowest BCUT2D eigenvalue weighted by atomic mass is 10.1. The van der Waals surface area contributed by atoms with Crippen molar-refractivity contribution in [2.24, 2.45) is 10.7 Å². The maximum Gasteiger partial charge on any atom is 0.490 e. The molecule has 9 heterocycles. The number of phosphoric ester groups is 5. The number of nitrogens with zero attached hydrogens (tertiary/aromatic N) is 12. The molecule has 9 unspecified atom stereocenters. The van der Waals surface area contributed by atoms with Crippen LogP contribution < -0.4 is 28.0 Å². The number of fused-ring (bicyclic) bond motifs is 3. The van der Waals surface area contributed by atoms with Gasteiger partial charge in [-0.05, 0) is 23.2 Å². The van der Waals surface area contributed by atoms with E-state index in [4.69, 9.17) is 88.9 Å². The standard InChI is InChI=1S/C20H31Cl2N10O35P9.C11H20N5O13P3/c21-18-29-8-13(23)25-3-27-15(8)31(18)7-1-5(33)12(58-7)20(59-71(44,45)65-74(50,51)62-68(36,37)38,60-72(46,47)66-75(52,53)63-69(39,40)41)61-73(48,49)67-76(54,55)64-70(42,43)56-2-6-10(34)11(35)17(57-6)32-16-9(30-19(32)22)14(24)26-4-28-16;1-15-3-14-10-6(9(15)12)13-4-16(10)11-8(18)7(17)5(27-11)2-26-31(22,23)29-32(24,25)28-30(19,20)21/h3-7,10-12,17,33-35H,1-2H2,(H,42,43)(H,44,45)(H,46,47)(H,48,49)(H,50,51)(H,52,53)(H,54,55)(H2,23,25,27)(H2,24,26,28)(H2,36,37,38)(H2,39,40,41);4-5,7-8,11,17-18H,2-3,12H2,1H3,(H,22,23)(H,24,25)(H2,19,20,21)/t5-,6+,7+,10+,11+,12-,17+;5-,7-,8-,11-/m01/s1. The van der Waals surface area contributed by atoms with E-state index in [-0.39, 0.29) is 29.1 Å². The Labute approximate surface area is 602 Å². The first kappa shape index (κ1) is 90.6. The molecule has 4 aliphatic heterocycles. The molecule has 3 saturated heterocycles. The predicted molar refractivity (Wildman–Crippen MR) is 330 cm³/mol. The van der Waals surface area contributed by atoms with Gasteiger partial charge >= 0.3 is 99.8 Å². The van der Waals surface area contributed by atoms with E-state index in [9.17, 15) is 119 Å². The first-order chi connectivity index (χ1) is 48.9. The summed E-state index contributed by atoms with van der Waals surface area (Å²) in [5, 5.41) is 52.3. The molecule has 63 nitrogen and oxygen atoms in total. The van der Waals surface area contributed by atoms with Crippen LogP contribution in [0.3, 0.4) is 0 Å². The summed E-state index contributed by atoms with van der Waals surface area (Å²) in [5.41, 5.74) is 16.5. The molecule has 9 rings (SSSR count). The van der Waals surface area contributed by atoms with E-state index < -0.39 is 215 Å². The fraction of sp³-hybridized carbons (Fsp3) is 0.548. The van der Waals surface area contributed by atoms with E-state index in [1.165, 1.54) is 10.9 Å². The van der Waals surface area contributed by atoms with E-state index in [1.807, 2.05) is 0 Å². The number of hydrogen-bond donors (Lipinski definition) is 23. The summed E-state index contributed by atoms with van der Waals surface area (Å²) in [6.07, 6.45) is -20.7. The summed E-state index contributed by atoms with van der Waals surface area (Å²) in [6, 6.07) is 0. The lowest BCUT2D eigenvalue weighted by molar-refractivity contribution is -0.333. The van der Waals surface area contributed by atoms with Crippen molar-refractivity contribution in [2.45, 2.75) is 79.9 Å². The van der Waals surface area contributed by atoms with Gasteiger partial charge < -0.3 is 135 Å². The monoisotopic (exact) mass is 1840 g/mol. The fourth-order valence-corrected chi connectivity index (χ4v) is 22.8. The summed E-state index contributed by atoms with van der Waals surface area (Å²) in [4.78, 5) is 177. The minimum absolute atomic E-state index is 0.138. The van der Waals surface area contributed by atoms with E-state index in [0.29, 0.717) is 15.7 Å². The van der Waals surface area contributed by atoms with Gasteiger partial charge in [0, 0.05) is 13.5 Å². The second-order valence-corrected chi connectivity index (χ2v) is 39.1. The van der Waals surface area contributed by atoms with Crippen LogP contribution in [-0.4, -0.2) is 234 Å². The number of ether oxygens (including phenoxy) is 3. The highest BCUT2D eigenvalue weighted by atomic mass is 35.5. The average molecular weight is 1840 g/mol. The van der Waals surface area contributed by atoms with Crippen molar-refractivity contribution in [1.82, 2.24) is 53.5 Å². The summed E-state index contributed by atoms with van der Waals surface area (Å²) in [5.74, 6) is -5.69. The van der Waals surface area contributed by atoms with Gasteiger partial charge in [-0.2, -0.15) is 34.5 Å². The number of hydrogen-bond acceptors (Lipinski definition) is 45. The van der Waals surface area contributed by atoms with Gasteiger partial charge in [0.05, 0.1) is 25.6 Å². The second kappa shape index (κ2) is 32.6. The third-order valence-electron chi connectivity index (χ3n) is 12.9. The highest BCUT2D eigenvalue weighted by Gasteiger charge is 2.66. The number of halogens is 2. The Bertz CT molecular complexity index is 4940. The number of aliphatic hydroxyl groups is 5. The van der Waals surface area contributed by atoms with Crippen molar-refractivity contribution in [3.63, 3.8) is 0 Å². The number of rotatable bonds is 32. The van der Waals surface area contributed by atoms with Crippen molar-refractivity contribution in [1.29, 1.82) is 0 Å². The number of aliphatic hydroxyl groups excluding tert-OH is 5.